The Kier molecular flexibility index (Phi) is 5.54. The Balaban J connectivity index is 4.03. The summed E-state index contributed by atoms with van der Waals surface area (Å²) >= 11 is 0. The molecule has 0 aromatic carbocycles. The van der Waals surface area contributed by atoms with Gasteiger partial charge in [0.05, 0.1) is 0 Å². The lowest BCUT2D eigenvalue weighted by molar-refractivity contribution is -0.133. The van der Waals surface area contributed by atoms with Gasteiger partial charge >= 0.3 is 21.5 Å². The quantitative estimate of drug-likeness (QED) is 0.129. The predicted octanol–water partition coefficient (Wildman–Crippen LogP) is -1.86. The number of carbonyl (C=O) groups is 2. The highest BCUT2D eigenvalue weighted by atomic mass is 16.6. The molecule has 0 aliphatic carbocycles. The van der Waals surface area contributed by atoms with Crippen molar-refractivity contribution >= 4 is 28.0 Å². The van der Waals surface area contributed by atoms with Crippen molar-refractivity contribution in [2.75, 3.05) is 0 Å². The van der Waals surface area contributed by atoms with Gasteiger partial charge in [0.2, 0.25) is 5.76 Å². The number of hydrogen-bond acceptors (Lipinski definition) is 6. The number of carbonyl (C=O) groups excluding carboxylic acids is 2. The van der Waals surface area contributed by atoms with Crippen LogP contribution in [0.15, 0.2) is 11.7 Å². The van der Waals surface area contributed by atoms with Crippen LogP contribution in [0.3, 0.4) is 0 Å². The molecule has 0 aliphatic rings. The Hall–Kier alpha value is -1.43. The van der Waals surface area contributed by atoms with Crippen LogP contribution in [-0.4, -0.2) is 28.0 Å². The van der Waals surface area contributed by atoms with E-state index in [-0.39, 0.29) is 12.2 Å². The molecular weight excluding hydrogens is 164 g/mol. The smallest absolute Gasteiger partial charge is 0.408 e. The molecule has 8 heteroatoms. The first-order chi connectivity index (χ1) is 5.76. The van der Waals surface area contributed by atoms with Crippen molar-refractivity contribution in [2.24, 2.45) is 5.90 Å². The fraction of sp³-hybridized carbons (Fsp3) is 0. The zero-order chi connectivity index (χ0) is 9.40. The zero-order valence-corrected chi connectivity index (χ0v) is 5.93. The first-order valence-corrected chi connectivity index (χ1v) is 2.66. The number of hydrogen-bond donors (Lipinski definition) is 1. The Bertz CT molecular complexity index is 194. The van der Waals surface area contributed by atoms with Gasteiger partial charge in [0.15, 0.2) is 0 Å². The average molecular weight is 168 g/mol. The molecule has 0 fully saturated rings. The lowest BCUT2D eigenvalue weighted by Crippen LogP contribution is -2.13. The maximum Gasteiger partial charge on any atom is 0.408 e. The molecule has 61 valence electrons. The second kappa shape index (κ2) is 6.29. The summed E-state index contributed by atoms with van der Waals surface area (Å²) in [5.41, 5.74) is 0. The summed E-state index contributed by atoms with van der Waals surface area (Å²) in [5, 5.41) is 0. The second-order valence-corrected chi connectivity index (χ2v) is 1.42. The van der Waals surface area contributed by atoms with E-state index in [1.54, 1.807) is 0 Å². The molecule has 0 rings (SSSR count). The van der Waals surface area contributed by atoms with Gasteiger partial charge in [-0.05, 0) is 5.98 Å². The van der Waals surface area contributed by atoms with E-state index in [0.29, 0.717) is 0 Å². The lowest BCUT2D eigenvalue weighted by Gasteiger charge is -2.01. The fourth-order valence-corrected chi connectivity index (χ4v) is 0.347. The van der Waals surface area contributed by atoms with Gasteiger partial charge in [-0.3, -0.25) is 4.79 Å². The number of nitrogens with two attached hydrogens (primary N) is 1. The van der Waals surface area contributed by atoms with Gasteiger partial charge in [-0.1, -0.05) is 0 Å². The van der Waals surface area contributed by atoms with E-state index in [9.17, 15) is 9.59 Å². The summed E-state index contributed by atoms with van der Waals surface area (Å²) in [5.74, 6) is 4.25. The van der Waals surface area contributed by atoms with Crippen molar-refractivity contribution < 1.29 is 23.7 Å². The van der Waals surface area contributed by atoms with Gasteiger partial charge in [-0.25, -0.2) is 4.79 Å². The minimum Gasteiger partial charge on any atom is -0.538 e. The van der Waals surface area contributed by atoms with E-state index >= 15 is 0 Å². The van der Waals surface area contributed by atoms with E-state index in [2.05, 4.69) is 28.1 Å². The van der Waals surface area contributed by atoms with Crippen LogP contribution in [0.5, 0.6) is 0 Å². The SMILES string of the molecule is [B]OC(=O)/C(=C\[B]OC=O)ON. The monoisotopic (exact) mass is 168 g/mol. The highest BCUT2D eigenvalue weighted by Crippen LogP contribution is 1.94. The molecule has 2 N–H and O–H groups in total. The summed E-state index contributed by atoms with van der Waals surface area (Å²) < 4.78 is 7.85. The minimum absolute atomic E-state index is 0.151. The Morgan fingerprint density at radius 1 is 1.58 bits per heavy atom. The minimum atomic E-state index is -0.983. The van der Waals surface area contributed by atoms with Gasteiger partial charge in [0.25, 0.3) is 6.47 Å². The van der Waals surface area contributed by atoms with E-state index in [1.807, 2.05) is 0 Å². The summed E-state index contributed by atoms with van der Waals surface area (Å²) in [6.45, 7) is 0.151. The van der Waals surface area contributed by atoms with E-state index in [1.165, 1.54) is 0 Å². The molecule has 0 saturated carbocycles. The van der Waals surface area contributed by atoms with Crippen LogP contribution >= 0.6 is 0 Å². The molecule has 0 aliphatic heterocycles. The second-order valence-electron chi connectivity index (χ2n) is 1.42. The zero-order valence-electron chi connectivity index (χ0n) is 5.93. The summed E-state index contributed by atoms with van der Waals surface area (Å²) in [6.07, 6.45) is 0. The van der Waals surface area contributed by atoms with E-state index in [4.69, 9.17) is 0 Å². The highest BCUT2D eigenvalue weighted by Gasteiger charge is 2.09. The van der Waals surface area contributed by atoms with Crippen LogP contribution in [0.4, 0.5) is 0 Å². The van der Waals surface area contributed by atoms with Crippen LogP contribution in [0.1, 0.15) is 0 Å². The summed E-state index contributed by atoms with van der Waals surface area (Å²) in [4.78, 5) is 24.2. The van der Waals surface area contributed by atoms with Crippen LogP contribution in [-0.2, 0) is 23.7 Å². The molecule has 6 nitrogen and oxygen atoms in total. The van der Waals surface area contributed by atoms with Crippen LogP contribution in [0, 0.1) is 0 Å². The topological polar surface area (TPSA) is 87.8 Å². The van der Waals surface area contributed by atoms with Crippen LogP contribution < -0.4 is 5.90 Å². The lowest BCUT2D eigenvalue weighted by atomic mass is 10.0. The molecule has 0 bridgehead atoms. The van der Waals surface area contributed by atoms with Gasteiger partial charge in [0, 0.05) is 0 Å². The van der Waals surface area contributed by atoms with Crippen molar-refractivity contribution in [3.05, 3.63) is 11.7 Å². The third-order valence-electron chi connectivity index (χ3n) is 0.789. The average Bonchev–Trinajstić information content (AvgIpc) is 2.11. The molecule has 0 aromatic heterocycles. The summed E-state index contributed by atoms with van der Waals surface area (Å²) in [7, 11) is 5.38. The molecule has 12 heavy (non-hydrogen) atoms. The molecule has 0 aromatic rings. The maximum absolute atomic E-state index is 10.6. The predicted molar refractivity (Wildman–Crippen MR) is 38.1 cm³/mol. The fourth-order valence-electron chi connectivity index (χ4n) is 0.347. The van der Waals surface area contributed by atoms with Crippen molar-refractivity contribution in [1.82, 2.24) is 0 Å². The van der Waals surface area contributed by atoms with E-state index < -0.39 is 5.97 Å². The molecule has 0 heterocycles. The first kappa shape index (κ1) is 10.6. The van der Waals surface area contributed by atoms with Gasteiger partial charge < -0.3 is 14.1 Å². The highest BCUT2D eigenvalue weighted by molar-refractivity contribution is 6.37. The van der Waals surface area contributed by atoms with Gasteiger partial charge in [0.1, 0.15) is 0 Å². The summed E-state index contributed by atoms with van der Waals surface area (Å²) in [6, 6.07) is 0. The molecule has 3 radical (unpaired) electrons. The van der Waals surface area contributed by atoms with Crippen LogP contribution in [0.25, 0.3) is 0 Å². The molecule has 0 spiro atoms. The van der Waals surface area contributed by atoms with Crippen molar-refractivity contribution in [3.63, 3.8) is 0 Å². The first-order valence-electron chi connectivity index (χ1n) is 2.66. The standard InChI is InChI=1S/C4H4B2NO5/c5-11-4(9)3(12-7)1-6-10-2-8/h1-2H,7H2/b3-1+. The van der Waals surface area contributed by atoms with E-state index in [0.717, 1.165) is 13.5 Å². The Morgan fingerprint density at radius 2 is 2.25 bits per heavy atom. The molecule has 0 amide bonds. The molecule has 0 atom stereocenters. The Morgan fingerprint density at radius 3 is 2.67 bits per heavy atom. The van der Waals surface area contributed by atoms with Crippen molar-refractivity contribution in [3.8, 4) is 0 Å². The van der Waals surface area contributed by atoms with Gasteiger partial charge in [-0.15, -0.1) is 0 Å². The van der Waals surface area contributed by atoms with Crippen LogP contribution in [0.2, 0.25) is 0 Å². The Labute approximate surface area is 70.3 Å². The molecule has 0 unspecified atom stereocenters. The largest absolute Gasteiger partial charge is 0.538 e. The molecule has 0 saturated heterocycles. The maximum atomic E-state index is 10.6. The van der Waals surface area contributed by atoms with Crippen molar-refractivity contribution in [1.29, 1.82) is 0 Å². The van der Waals surface area contributed by atoms with Crippen molar-refractivity contribution in [2.45, 2.75) is 0 Å². The molecular formula is C4H4B2NO5. The normalized spacial score (nSPS) is 9.92. The number of rotatable bonds is 5. The third-order valence-corrected chi connectivity index (χ3v) is 0.789. The third kappa shape index (κ3) is 3.67. The van der Waals surface area contributed by atoms with Gasteiger partial charge in [-0.2, -0.15) is 5.90 Å².